The summed E-state index contributed by atoms with van der Waals surface area (Å²) in [5, 5.41) is 0.601. The fourth-order valence-corrected chi connectivity index (χ4v) is 2.77. The molecule has 0 aliphatic heterocycles. The fraction of sp³-hybridized carbons (Fsp3) is 0.0625. The molecule has 0 spiro atoms. The monoisotopic (exact) mass is 329 g/mol. The van der Waals surface area contributed by atoms with E-state index in [1.54, 1.807) is 13.2 Å². The Balaban J connectivity index is 2.37. The summed E-state index contributed by atoms with van der Waals surface area (Å²) in [5.74, 6) is 0.651. The number of fused-ring (bicyclic) bond motifs is 1. The van der Waals surface area contributed by atoms with E-state index in [1.165, 1.54) is 0 Å². The maximum Gasteiger partial charge on any atom is 0.191 e. The van der Waals surface area contributed by atoms with Crippen molar-refractivity contribution in [2.24, 2.45) is 0 Å². The summed E-state index contributed by atoms with van der Waals surface area (Å²) in [7, 11) is 1.59. The van der Waals surface area contributed by atoms with Crippen molar-refractivity contribution in [2.75, 3.05) is 7.11 Å². The second-order valence-electron chi connectivity index (χ2n) is 4.41. The second-order valence-corrected chi connectivity index (χ2v) is 5.27. The summed E-state index contributed by atoms with van der Waals surface area (Å²) < 4.78 is 6.10. The van der Waals surface area contributed by atoms with E-state index in [-0.39, 0.29) is 5.43 Å². The van der Waals surface area contributed by atoms with Gasteiger partial charge in [-0.2, -0.15) is 0 Å². The first kappa shape index (κ1) is 12.9. The number of H-pyrrole nitrogens is 1. The predicted octanol–water partition coefficient (Wildman–Crippen LogP) is 3.97. The molecule has 3 aromatic rings. The van der Waals surface area contributed by atoms with Gasteiger partial charge >= 0.3 is 0 Å². The number of aromatic amines is 1. The van der Waals surface area contributed by atoms with Crippen molar-refractivity contribution in [2.45, 2.75) is 0 Å². The first-order valence-corrected chi connectivity index (χ1v) is 6.95. The van der Waals surface area contributed by atoms with Crippen molar-refractivity contribution in [3.8, 4) is 17.0 Å². The fourth-order valence-electron chi connectivity index (χ4n) is 2.24. The Morgan fingerprint density at radius 2 is 1.85 bits per heavy atom. The number of halogens is 1. The van der Waals surface area contributed by atoms with Crippen LogP contribution in [-0.2, 0) is 0 Å². The third-order valence-corrected chi connectivity index (χ3v) is 3.86. The zero-order valence-corrected chi connectivity index (χ0v) is 12.4. The number of hydrogen-bond donors (Lipinski definition) is 1. The number of nitrogens with one attached hydrogen (secondary N) is 1. The maximum absolute atomic E-state index is 12.4. The third-order valence-electron chi connectivity index (χ3n) is 3.20. The molecular formula is C16H12BrNO2. The average molecular weight is 330 g/mol. The molecule has 1 heterocycles. The zero-order chi connectivity index (χ0) is 14.1. The zero-order valence-electron chi connectivity index (χ0n) is 10.8. The van der Waals surface area contributed by atoms with Crippen LogP contribution in [-0.4, -0.2) is 12.1 Å². The smallest absolute Gasteiger partial charge is 0.191 e. The van der Waals surface area contributed by atoms with E-state index in [2.05, 4.69) is 20.9 Å². The van der Waals surface area contributed by atoms with E-state index < -0.39 is 0 Å². The van der Waals surface area contributed by atoms with Gasteiger partial charge in [-0.05, 0) is 33.6 Å². The van der Waals surface area contributed by atoms with Gasteiger partial charge in [0.1, 0.15) is 5.75 Å². The van der Waals surface area contributed by atoms with Gasteiger partial charge in [-0.3, -0.25) is 4.79 Å². The van der Waals surface area contributed by atoms with Crippen LogP contribution >= 0.6 is 15.9 Å². The summed E-state index contributed by atoms with van der Waals surface area (Å²) >= 11 is 3.42. The molecule has 2 aromatic carbocycles. The Morgan fingerprint density at radius 3 is 2.55 bits per heavy atom. The number of pyridine rings is 1. The summed E-state index contributed by atoms with van der Waals surface area (Å²) in [6.45, 7) is 0. The molecule has 0 atom stereocenters. The van der Waals surface area contributed by atoms with Crippen molar-refractivity contribution in [3.63, 3.8) is 0 Å². The van der Waals surface area contributed by atoms with Crippen molar-refractivity contribution >= 4 is 26.8 Å². The number of hydrogen-bond acceptors (Lipinski definition) is 2. The van der Waals surface area contributed by atoms with E-state index in [4.69, 9.17) is 4.74 Å². The van der Waals surface area contributed by atoms with E-state index in [0.717, 1.165) is 15.7 Å². The number of methoxy groups -OCH3 is 1. The molecule has 0 aliphatic carbocycles. The van der Waals surface area contributed by atoms with Gasteiger partial charge in [0, 0.05) is 16.2 Å². The van der Waals surface area contributed by atoms with Gasteiger partial charge in [-0.15, -0.1) is 0 Å². The van der Waals surface area contributed by atoms with Crippen LogP contribution in [0.2, 0.25) is 0 Å². The molecule has 1 aromatic heterocycles. The molecule has 0 radical (unpaired) electrons. The molecule has 4 heteroatoms. The number of aromatic nitrogens is 1. The Hall–Kier alpha value is -2.07. The highest BCUT2D eigenvalue weighted by Gasteiger charge is 2.11. The number of rotatable bonds is 2. The summed E-state index contributed by atoms with van der Waals surface area (Å²) in [5.41, 5.74) is 2.41. The van der Waals surface area contributed by atoms with Crippen molar-refractivity contribution in [1.29, 1.82) is 0 Å². The van der Waals surface area contributed by atoms with Crippen molar-refractivity contribution < 1.29 is 4.74 Å². The van der Waals surface area contributed by atoms with Gasteiger partial charge in [0.25, 0.3) is 0 Å². The molecule has 20 heavy (non-hydrogen) atoms. The highest BCUT2D eigenvalue weighted by atomic mass is 79.9. The average Bonchev–Trinajstić information content (AvgIpc) is 2.48. The van der Waals surface area contributed by atoms with Gasteiger partial charge in [0.05, 0.1) is 18.0 Å². The number of ether oxygens (including phenoxy) is 1. The minimum Gasteiger partial charge on any atom is -0.495 e. The van der Waals surface area contributed by atoms with Crippen LogP contribution in [0.4, 0.5) is 0 Å². The lowest BCUT2D eigenvalue weighted by Gasteiger charge is -2.09. The van der Waals surface area contributed by atoms with Gasteiger partial charge in [0.2, 0.25) is 0 Å². The Bertz CT molecular complexity index is 825. The van der Waals surface area contributed by atoms with Crippen LogP contribution in [0.3, 0.4) is 0 Å². The quantitative estimate of drug-likeness (QED) is 0.773. The molecule has 0 fully saturated rings. The molecule has 0 bridgehead atoms. The molecule has 0 saturated carbocycles. The molecule has 0 amide bonds. The molecule has 1 N–H and O–H groups in total. The summed E-state index contributed by atoms with van der Waals surface area (Å²) in [4.78, 5) is 15.6. The van der Waals surface area contributed by atoms with Crippen LogP contribution in [0.1, 0.15) is 0 Å². The van der Waals surface area contributed by atoms with Crippen molar-refractivity contribution in [3.05, 3.63) is 63.2 Å². The third kappa shape index (κ3) is 2.12. The lowest BCUT2D eigenvalue weighted by Crippen LogP contribution is -2.05. The topological polar surface area (TPSA) is 42.1 Å². The highest BCUT2D eigenvalue weighted by molar-refractivity contribution is 9.10. The molecule has 100 valence electrons. The van der Waals surface area contributed by atoms with Gasteiger partial charge in [0.15, 0.2) is 5.43 Å². The minimum atomic E-state index is -0.0385. The Morgan fingerprint density at radius 1 is 1.10 bits per heavy atom. The normalized spacial score (nSPS) is 10.7. The van der Waals surface area contributed by atoms with Crippen LogP contribution in [0.5, 0.6) is 5.75 Å². The Labute approximate surface area is 124 Å². The van der Waals surface area contributed by atoms with E-state index >= 15 is 0 Å². The van der Waals surface area contributed by atoms with E-state index in [9.17, 15) is 4.79 Å². The lowest BCUT2D eigenvalue weighted by molar-refractivity contribution is 0.419. The molecule has 0 aliphatic rings. The molecule has 3 nitrogen and oxygen atoms in total. The number of benzene rings is 2. The Kier molecular flexibility index (Phi) is 3.32. The minimum absolute atomic E-state index is 0.0385. The molecule has 0 unspecified atom stereocenters. The summed E-state index contributed by atoms with van der Waals surface area (Å²) in [6.07, 6.45) is 0. The van der Waals surface area contributed by atoms with Crippen LogP contribution < -0.4 is 10.2 Å². The standard InChI is InChI=1S/C16H12BrNO2/c1-20-14-8-7-11(17)15-13(19)9-12(18-16(14)15)10-5-3-2-4-6-10/h2-9H,1H3,(H,18,19). The maximum atomic E-state index is 12.4. The molecular weight excluding hydrogens is 318 g/mol. The SMILES string of the molecule is COc1ccc(Br)c2c(=O)cc(-c3ccccc3)[nH]c12. The van der Waals surface area contributed by atoms with Crippen molar-refractivity contribution in [1.82, 2.24) is 4.98 Å². The predicted molar refractivity (Wildman–Crippen MR) is 84.3 cm³/mol. The van der Waals surface area contributed by atoms with Crippen LogP contribution in [0, 0.1) is 0 Å². The first-order valence-electron chi connectivity index (χ1n) is 6.15. The molecule has 0 saturated heterocycles. The van der Waals surface area contributed by atoms with Gasteiger partial charge in [-0.1, -0.05) is 30.3 Å². The van der Waals surface area contributed by atoms with Crippen LogP contribution in [0.15, 0.2) is 57.8 Å². The molecule has 3 rings (SSSR count). The first-order chi connectivity index (χ1) is 9.70. The van der Waals surface area contributed by atoms with Gasteiger partial charge < -0.3 is 9.72 Å². The van der Waals surface area contributed by atoms with Gasteiger partial charge in [-0.25, -0.2) is 0 Å². The largest absolute Gasteiger partial charge is 0.495 e. The van der Waals surface area contributed by atoms with E-state index in [1.807, 2.05) is 42.5 Å². The van der Waals surface area contributed by atoms with E-state index in [0.29, 0.717) is 16.7 Å². The highest BCUT2D eigenvalue weighted by Crippen LogP contribution is 2.29. The van der Waals surface area contributed by atoms with Crippen LogP contribution in [0.25, 0.3) is 22.2 Å². The summed E-state index contributed by atoms with van der Waals surface area (Å²) in [6, 6.07) is 15.0. The second kappa shape index (κ2) is 5.13. The lowest BCUT2D eigenvalue weighted by atomic mass is 10.1.